The topological polar surface area (TPSA) is 24.5 Å². The van der Waals surface area contributed by atoms with Gasteiger partial charge in [-0.2, -0.15) is 0 Å². The Labute approximate surface area is 116 Å². The van der Waals surface area contributed by atoms with E-state index in [1.54, 1.807) is 0 Å². The summed E-state index contributed by atoms with van der Waals surface area (Å²) < 4.78 is 5.38. The third-order valence-corrected chi connectivity index (χ3v) is 3.99. The maximum absolute atomic E-state index is 5.38. The summed E-state index contributed by atoms with van der Waals surface area (Å²) >= 11 is 0. The van der Waals surface area contributed by atoms with Crippen molar-refractivity contribution in [3.63, 3.8) is 0 Å². The van der Waals surface area contributed by atoms with Crippen LogP contribution in [-0.4, -0.2) is 43.8 Å². The van der Waals surface area contributed by atoms with Gasteiger partial charge in [-0.25, -0.2) is 0 Å². The van der Waals surface area contributed by atoms with E-state index < -0.39 is 0 Å². The Balaban J connectivity index is 1.79. The van der Waals surface area contributed by atoms with Crippen LogP contribution in [0.25, 0.3) is 0 Å². The van der Waals surface area contributed by atoms with Gasteiger partial charge < -0.3 is 10.1 Å². The average Bonchev–Trinajstić information content (AvgIpc) is 2.42. The Hall–Kier alpha value is -0.900. The number of rotatable bonds is 5. The Morgan fingerprint density at radius 1 is 1.26 bits per heavy atom. The third-order valence-electron chi connectivity index (χ3n) is 3.99. The molecule has 1 unspecified atom stereocenters. The van der Waals surface area contributed by atoms with Gasteiger partial charge in [-0.3, -0.25) is 4.90 Å². The summed E-state index contributed by atoms with van der Waals surface area (Å²) in [6.07, 6.45) is 0. The smallest absolute Gasteiger partial charge is 0.0594 e. The van der Waals surface area contributed by atoms with E-state index in [0.29, 0.717) is 6.04 Å². The van der Waals surface area contributed by atoms with Crippen molar-refractivity contribution in [2.45, 2.75) is 33.4 Å². The molecular formula is C16H26N2O. The van der Waals surface area contributed by atoms with Crippen molar-refractivity contribution in [2.24, 2.45) is 0 Å². The molecule has 0 amide bonds. The molecule has 1 atom stereocenters. The van der Waals surface area contributed by atoms with Crippen molar-refractivity contribution >= 4 is 0 Å². The molecule has 1 aliphatic rings. The highest BCUT2D eigenvalue weighted by molar-refractivity contribution is 5.32. The second kappa shape index (κ2) is 7.04. The second-order valence-corrected chi connectivity index (χ2v) is 5.55. The predicted molar refractivity (Wildman–Crippen MR) is 79.5 cm³/mol. The van der Waals surface area contributed by atoms with Crippen molar-refractivity contribution in [1.29, 1.82) is 0 Å². The summed E-state index contributed by atoms with van der Waals surface area (Å²) in [5.74, 6) is 0. The lowest BCUT2D eigenvalue weighted by molar-refractivity contribution is 0.0343. The first-order chi connectivity index (χ1) is 9.16. The van der Waals surface area contributed by atoms with Gasteiger partial charge in [-0.1, -0.05) is 18.2 Å². The lowest BCUT2D eigenvalue weighted by Crippen LogP contribution is -2.44. The Morgan fingerprint density at radius 2 is 2.00 bits per heavy atom. The number of ether oxygens (including phenoxy) is 1. The van der Waals surface area contributed by atoms with Crippen LogP contribution in [0.3, 0.4) is 0 Å². The molecule has 1 fully saturated rings. The highest BCUT2D eigenvalue weighted by Gasteiger charge is 2.13. The van der Waals surface area contributed by atoms with E-state index in [0.717, 1.165) is 39.4 Å². The molecule has 0 aromatic heterocycles. The highest BCUT2D eigenvalue weighted by Crippen LogP contribution is 2.12. The molecule has 1 aromatic rings. The highest BCUT2D eigenvalue weighted by atomic mass is 16.5. The van der Waals surface area contributed by atoms with Gasteiger partial charge in [0.1, 0.15) is 0 Å². The van der Waals surface area contributed by atoms with Gasteiger partial charge in [-0.15, -0.1) is 0 Å². The molecule has 1 saturated heterocycles. The molecule has 3 heteroatoms. The maximum atomic E-state index is 5.38. The van der Waals surface area contributed by atoms with Gasteiger partial charge >= 0.3 is 0 Å². The summed E-state index contributed by atoms with van der Waals surface area (Å²) in [4.78, 5) is 2.48. The number of benzene rings is 1. The maximum Gasteiger partial charge on any atom is 0.0594 e. The van der Waals surface area contributed by atoms with Crippen LogP contribution in [0.5, 0.6) is 0 Å². The van der Waals surface area contributed by atoms with Crippen molar-refractivity contribution in [1.82, 2.24) is 10.2 Å². The standard InChI is InChI=1S/C16H26N2O/c1-13-5-4-6-16(15(13)3)11-17-14(2)12-18-7-9-19-10-8-18/h4-6,14,17H,7-12H2,1-3H3. The van der Waals surface area contributed by atoms with Crippen LogP contribution in [0.4, 0.5) is 0 Å². The molecule has 2 rings (SSSR count). The number of hydrogen-bond donors (Lipinski definition) is 1. The summed E-state index contributed by atoms with van der Waals surface area (Å²) in [6, 6.07) is 7.05. The Bertz CT molecular complexity index is 400. The van der Waals surface area contributed by atoms with Crippen LogP contribution in [-0.2, 0) is 11.3 Å². The minimum atomic E-state index is 0.512. The van der Waals surface area contributed by atoms with Crippen LogP contribution < -0.4 is 5.32 Å². The van der Waals surface area contributed by atoms with Gasteiger partial charge in [0.15, 0.2) is 0 Å². The van der Waals surface area contributed by atoms with Gasteiger partial charge in [0.05, 0.1) is 13.2 Å². The van der Waals surface area contributed by atoms with Crippen molar-refractivity contribution in [2.75, 3.05) is 32.8 Å². The Kier molecular flexibility index (Phi) is 5.37. The third kappa shape index (κ3) is 4.30. The molecule has 106 valence electrons. The van der Waals surface area contributed by atoms with Crippen molar-refractivity contribution in [3.8, 4) is 0 Å². The quantitative estimate of drug-likeness (QED) is 0.879. The number of aryl methyl sites for hydroxylation is 1. The molecule has 3 nitrogen and oxygen atoms in total. The molecule has 0 bridgehead atoms. The van der Waals surface area contributed by atoms with E-state index >= 15 is 0 Å². The van der Waals surface area contributed by atoms with Gasteiger partial charge in [0.25, 0.3) is 0 Å². The predicted octanol–water partition coefficient (Wildman–Crippen LogP) is 2.11. The fourth-order valence-corrected chi connectivity index (χ4v) is 2.52. The van der Waals surface area contributed by atoms with Crippen molar-refractivity contribution in [3.05, 3.63) is 34.9 Å². The second-order valence-electron chi connectivity index (χ2n) is 5.55. The van der Waals surface area contributed by atoms with E-state index in [2.05, 4.69) is 49.2 Å². The zero-order valence-electron chi connectivity index (χ0n) is 12.4. The number of nitrogens with one attached hydrogen (secondary N) is 1. The molecule has 0 radical (unpaired) electrons. The fraction of sp³-hybridized carbons (Fsp3) is 0.625. The molecule has 1 N–H and O–H groups in total. The first-order valence-electron chi connectivity index (χ1n) is 7.25. The first kappa shape index (κ1) is 14.5. The Morgan fingerprint density at radius 3 is 2.74 bits per heavy atom. The molecular weight excluding hydrogens is 236 g/mol. The SMILES string of the molecule is Cc1cccc(CNC(C)CN2CCOCC2)c1C. The zero-order valence-corrected chi connectivity index (χ0v) is 12.4. The summed E-state index contributed by atoms with van der Waals surface area (Å²) in [5, 5.41) is 3.63. The summed E-state index contributed by atoms with van der Waals surface area (Å²) in [6.45, 7) is 12.6. The monoisotopic (exact) mass is 262 g/mol. The lowest BCUT2D eigenvalue weighted by atomic mass is 10.0. The molecule has 0 aliphatic carbocycles. The zero-order chi connectivity index (χ0) is 13.7. The van der Waals surface area contributed by atoms with Gasteiger partial charge in [0.2, 0.25) is 0 Å². The van der Waals surface area contributed by atoms with Gasteiger partial charge in [-0.05, 0) is 37.5 Å². The van der Waals surface area contributed by atoms with Crippen LogP contribution in [0.2, 0.25) is 0 Å². The van der Waals surface area contributed by atoms with E-state index in [9.17, 15) is 0 Å². The lowest BCUT2D eigenvalue weighted by Gasteiger charge is -2.29. The van der Waals surface area contributed by atoms with E-state index in [1.165, 1.54) is 16.7 Å². The average molecular weight is 262 g/mol. The largest absolute Gasteiger partial charge is 0.379 e. The van der Waals surface area contributed by atoms with Crippen LogP contribution in [0.15, 0.2) is 18.2 Å². The molecule has 1 aromatic carbocycles. The molecule has 1 aliphatic heterocycles. The van der Waals surface area contributed by atoms with Crippen LogP contribution in [0, 0.1) is 13.8 Å². The molecule has 19 heavy (non-hydrogen) atoms. The summed E-state index contributed by atoms with van der Waals surface area (Å²) in [7, 11) is 0. The van der Waals surface area contributed by atoms with Crippen molar-refractivity contribution < 1.29 is 4.74 Å². The van der Waals surface area contributed by atoms with E-state index in [4.69, 9.17) is 4.74 Å². The molecule has 0 saturated carbocycles. The number of morpholine rings is 1. The van der Waals surface area contributed by atoms with E-state index in [-0.39, 0.29) is 0 Å². The van der Waals surface area contributed by atoms with Gasteiger partial charge in [0, 0.05) is 32.2 Å². The number of hydrogen-bond acceptors (Lipinski definition) is 3. The first-order valence-corrected chi connectivity index (χ1v) is 7.25. The summed E-state index contributed by atoms with van der Waals surface area (Å²) in [5.41, 5.74) is 4.20. The van der Waals surface area contributed by atoms with Crippen LogP contribution >= 0.6 is 0 Å². The van der Waals surface area contributed by atoms with E-state index in [1.807, 2.05) is 0 Å². The normalized spacial score (nSPS) is 18.5. The molecule has 0 spiro atoms. The minimum absolute atomic E-state index is 0.512. The molecule has 1 heterocycles. The minimum Gasteiger partial charge on any atom is -0.379 e. The number of nitrogens with zero attached hydrogens (tertiary/aromatic N) is 1. The van der Waals surface area contributed by atoms with Crippen LogP contribution in [0.1, 0.15) is 23.6 Å². The fourth-order valence-electron chi connectivity index (χ4n) is 2.52.